The van der Waals surface area contributed by atoms with Crippen molar-refractivity contribution in [3.05, 3.63) is 47.3 Å². The molecule has 2 amide bonds. The highest BCUT2D eigenvalue weighted by Crippen LogP contribution is 2.15. The predicted molar refractivity (Wildman–Crippen MR) is 103 cm³/mol. The number of ether oxygens (including phenoxy) is 2. The van der Waals surface area contributed by atoms with Gasteiger partial charge in [-0.05, 0) is 44.5 Å². The van der Waals surface area contributed by atoms with Gasteiger partial charge in [-0.25, -0.2) is 9.48 Å². The number of aryl methyl sites for hydroxylation is 2. The van der Waals surface area contributed by atoms with Gasteiger partial charge in [0.1, 0.15) is 6.10 Å². The van der Waals surface area contributed by atoms with E-state index in [9.17, 15) is 4.79 Å². The molecule has 7 heteroatoms. The molecule has 2 atom stereocenters. The number of carbonyl (C=O) groups excluding carboxylic acids is 1. The van der Waals surface area contributed by atoms with Crippen molar-refractivity contribution in [2.45, 2.75) is 39.5 Å². The highest BCUT2D eigenvalue weighted by molar-refractivity contribution is 5.74. The zero-order valence-electron chi connectivity index (χ0n) is 16.4. The third-order valence-electron chi connectivity index (χ3n) is 4.65. The highest BCUT2D eigenvalue weighted by Gasteiger charge is 2.30. The van der Waals surface area contributed by atoms with Crippen LogP contribution in [0.1, 0.15) is 23.9 Å². The van der Waals surface area contributed by atoms with E-state index in [1.165, 1.54) is 0 Å². The molecule has 1 fully saturated rings. The zero-order chi connectivity index (χ0) is 19.4. The maximum Gasteiger partial charge on any atom is 0.317 e. The Morgan fingerprint density at radius 1 is 1.37 bits per heavy atom. The summed E-state index contributed by atoms with van der Waals surface area (Å²) >= 11 is 0. The standard InChI is InChI=1S/C20H28N4O3/c1-5-27-19-13-26-12-18(19)21-20(25)23(4)11-16-7-6-8-17(10-16)24-15(3)9-14(2)22-24/h6-10,18-19H,5,11-13H2,1-4H3,(H,21,25)/t18-,19-/m0/s1. The van der Waals surface area contributed by atoms with Gasteiger partial charge in [-0.2, -0.15) is 5.10 Å². The lowest BCUT2D eigenvalue weighted by Gasteiger charge is -2.24. The van der Waals surface area contributed by atoms with Gasteiger partial charge in [-0.15, -0.1) is 0 Å². The monoisotopic (exact) mass is 372 g/mol. The first-order valence-electron chi connectivity index (χ1n) is 9.31. The molecule has 2 heterocycles. The minimum absolute atomic E-state index is 0.0818. The molecule has 0 aliphatic carbocycles. The Hall–Kier alpha value is -2.38. The Labute approximate surface area is 160 Å². The Morgan fingerprint density at radius 3 is 2.89 bits per heavy atom. The number of amides is 2. The topological polar surface area (TPSA) is 68.6 Å². The lowest BCUT2D eigenvalue weighted by molar-refractivity contribution is 0.0419. The van der Waals surface area contributed by atoms with E-state index in [4.69, 9.17) is 9.47 Å². The number of nitrogens with one attached hydrogen (secondary N) is 1. The first kappa shape index (κ1) is 19.4. The van der Waals surface area contributed by atoms with Crippen molar-refractivity contribution in [1.29, 1.82) is 0 Å². The SMILES string of the molecule is CCO[C@H]1COC[C@@H]1NC(=O)N(C)Cc1cccc(-n2nc(C)cc2C)c1. The smallest absolute Gasteiger partial charge is 0.317 e. The fourth-order valence-electron chi connectivity index (χ4n) is 3.34. The molecule has 0 bridgehead atoms. The first-order chi connectivity index (χ1) is 13.0. The molecular weight excluding hydrogens is 344 g/mol. The second-order valence-corrected chi connectivity index (χ2v) is 6.95. The van der Waals surface area contributed by atoms with E-state index in [1.54, 1.807) is 11.9 Å². The lowest BCUT2D eigenvalue weighted by Crippen LogP contribution is -2.48. The molecule has 1 aromatic heterocycles. The predicted octanol–water partition coefficient (Wildman–Crippen LogP) is 2.43. The molecule has 2 aromatic rings. The van der Waals surface area contributed by atoms with Gasteiger partial charge in [-0.1, -0.05) is 12.1 Å². The second-order valence-electron chi connectivity index (χ2n) is 6.95. The van der Waals surface area contributed by atoms with Gasteiger partial charge < -0.3 is 19.7 Å². The van der Waals surface area contributed by atoms with E-state index < -0.39 is 0 Å². The van der Waals surface area contributed by atoms with Crippen LogP contribution < -0.4 is 5.32 Å². The summed E-state index contributed by atoms with van der Waals surface area (Å²) in [5, 5.41) is 7.54. The van der Waals surface area contributed by atoms with Gasteiger partial charge in [0.15, 0.2) is 0 Å². The average Bonchev–Trinajstić information content (AvgIpc) is 3.21. The summed E-state index contributed by atoms with van der Waals surface area (Å²) in [5.74, 6) is 0. The van der Waals surface area contributed by atoms with Crippen LogP contribution in [-0.2, 0) is 16.0 Å². The van der Waals surface area contributed by atoms with Crippen molar-refractivity contribution < 1.29 is 14.3 Å². The molecule has 0 saturated carbocycles. The average molecular weight is 372 g/mol. The highest BCUT2D eigenvalue weighted by atomic mass is 16.5. The summed E-state index contributed by atoms with van der Waals surface area (Å²) in [4.78, 5) is 14.2. The number of hydrogen-bond acceptors (Lipinski definition) is 4. The van der Waals surface area contributed by atoms with Crippen molar-refractivity contribution >= 4 is 6.03 Å². The fourth-order valence-corrected chi connectivity index (χ4v) is 3.34. The summed E-state index contributed by atoms with van der Waals surface area (Å²) in [6, 6.07) is 9.89. The number of nitrogens with zero attached hydrogens (tertiary/aromatic N) is 3. The number of hydrogen-bond donors (Lipinski definition) is 1. The maximum atomic E-state index is 12.6. The summed E-state index contributed by atoms with van der Waals surface area (Å²) in [5.41, 5.74) is 4.10. The quantitative estimate of drug-likeness (QED) is 0.846. The minimum Gasteiger partial charge on any atom is -0.376 e. The number of urea groups is 1. The van der Waals surface area contributed by atoms with E-state index in [0.29, 0.717) is 26.4 Å². The molecule has 1 aliphatic heterocycles. The minimum atomic E-state index is -0.133. The van der Waals surface area contributed by atoms with Crippen LogP contribution in [-0.4, -0.2) is 59.7 Å². The van der Waals surface area contributed by atoms with E-state index in [1.807, 2.05) is 49.7 Å². The molecule has 146 valence electrons. The third-order valence-corrected chi connectivity index (χ3v) is 4.65. The summed E-state index contributed by atoms with van der Waals surface area (Å²) in [7, 11) is 1.79. The summed E-state index contributed by atoms with van der Waals surface area (Å²) in [6.45, 7) is 8.07. The fraction of sp³-hybridized carbons (Fsp3) is 0.500. The van der Waals surface area contributed by atoms with Crippen LogP contribution in [0.15, 0.2) is 30.3 Å². The second kappa shape index (κ2) is 8.54. The molecule has 27 heavy (non-hydrogen) atoms. The molecular formula is C20H28N4O3. The van der Waals surface area contributed by atoms with E-state index in [2.05, 4.69) is 16.5 Å². The van der Waals surface area contributed by atoms with Crippen LogP contribution in [0.4, 0.5) is 4.79 Å². The van der Waals surface area contributed by atoms with Crippen LogP contribution in [0.2, 0.25) is 0 Å². The normalized spacial score (nSPS) is 19.3. The summed E-state index contributed by atoms with van der Waals surface area (Å²) < 4.78 is 13.0. The Bertz CT molecular complexity index is 789. The molecule has 0 unspecified atom stereocenters. The molecule has 0 spiro atoms. The number of rotatable bonds is 6. The van der Waals surface area contributed by atoms with Crippen molar-refractivity contribution in [3.63, 3.8) is 0 Å². The Morgan fingerprint density at radius 2 is 2.19 bits per heavy atom. The van der Waals surface area contributed by atoms with Crippen LogP contribution in [0.3, 0.4) is 0 Å². The van der Waals surface area contributed by atoms with Crippen molar-refractivity contribution in [2.24, 2.45) is 0 Å². The third kappa shape index (κ3) is 4.67. The maximum absolute atomic E-state index is 12.6. The molecule has 1 N–H and O–H groups in total. The summed E-state index contributed by atoms with van der Waals surface area (Å²) in [6.07, 6.45) is -0.0818. The van der Waals surface area contributed by atoms with Gasteiger partial charge in [-0.3, -0.25) is 0 Å². The zero-order valence-corrected chi connectivity index (χ0v) is 16.4. The number of carbonyl (C=O) groups is 1. The molecule has 1 aromatic carbocycles. The number of aromatic nitrogens is 2. The van der Waals surface area contributed by atoms with Crippen molar-refractivity contribution in [3.8, 4) is 5.69 Å². The van der Waals surface area contributed by atoms with Gasteiger partial charge in [0.05, 0.1) is 30.6 Å². The van der Waals surface area contributed by atoms with Crippen molar-refractivity contribution in [1.82, 2.24) is 20.0 Å². The molecule has 0 radical (unpaired) electrons. The molecule has 1 saturated heterocycles. The van der Waals surface area contributed by atoms with Crippen LogP contribution in [0.5, 0.6) is 0 Å². The number of benzene rings is 1. The largest absolute Gasteiger partial charge is 0.376 e. The Balaban J connectivity index is 1.63. The first-order valence-corrected chi connectivity index (χ1v) is 9.31. The van der Waals surface area contributed by atoms with Crippen LogP contribution in [0, 0.1) is 13.8 Å². The van der Waals surface area contributed by atoms with Crippen molar-refractivity contribution in [2.75, 3.05) is 26.9 Å². The molecule has 1 aliphatic rings. The van der Waals surface area contributed by atoms with Gasteiger partial charge >= 0.3 is 6.03 Å². The van der Waals surface area contributed by atoms with E-state index in [-0.39, 0.29) is 18.2 Å². The van der Waals surface area contributed by atoms with Gasteiger partial charge in [0.2, 0.25) is 0 Å². The Kier molecular flexibility index (Phi) is 6.13. The van der Waals surface area contributed by atoms with Gasteiger partial charge in [0.25, 0.3) is 0 Å². The molecule has 3 rings (SSSR count). The van der Waals surface area contributed by atoms with E-state index in [0.717, 1.165) is 22.6 Å². The lowest BCUT2D eigenvalue weighted by atomic mass is 10.2. The molecule has 7 nitrogen and oxygen atoms in total. The van der Waals surface area contributed by atoms with Crippen LogP contribution in [0.25, 0.3) is 5.69 Å². The van der Waals surface area contributed by atoms with Gasteiger partial charge in [0, 0.05) is 25.9 Å². The van der Waals surface area contributed by atoms with E-state index >= 15 is 0 Å². The van der Waals surface area contributed by atoms with Crippen LogP contribution >= 0.6 is 0 Å².